The van der Waals surface area contributed by atoms with Gasteiger partial charge in [0.1, 0.15) is 0 Å². The fraction of sp³-hybridized carbons (Fsp3) is 0. The minimum Gasteiger partial charge on any atom is -0.351 e. The third-order valence-corrected chi connectivity index (χ3v) is 2.48. The summed E-state index contributed by atoms with van der Waals surface area (Å²) in [5.41, 5.74) is 6.51. The van der Waals surface area contributed by atoms with E-state index in [0.29, 0.717) is 11.3 Å². The summed E-state index contributed by atoms with van der Waals surface area (Å²) < 4.78 is 0. The minimum atomic E-state index is -0.716. The van der Waals surface area contributed by atoms with Gasteiger partial charge in [-0.25, -0.2) is 19.7 Å². The molecule has 6 heteroatoms. The molecular weight excluding hydrogens is 256 g/mol. The largest absolute Gasteiger partial charge is 0.351 e. The van der Waals surface area contributed by atoms with Crippen LogP contribution in [-0.4, -0.2) is 22.3 Å². The summed E-state index contributed by atoms with van der Waals surface area (Å²) in [6.45, 7) is 0. The Bertz CT molecular complexity index is 641. The zero-order valence-electron chi connectivity index (χ0n) is 10.4. The van der Waals surface area contributed by atoms with E-state index in [-0.39, 0.29) is 5.95 Å². The van der Waals surface area contributed by atoms with Crippen molar-refractivity contribution in [2.45, 2.75) is 0 Å². The molecule has 0 aliphatic carbocycles. The lowest BCUT2D eigenvalue weighted by atomic mass is 10.1. The number of carbonyl (C=O) groups excluding carboxylic acids is 2. The number of primary amides is 1. The number of amides is 2. The number of rotatable bonds is 4. The molecule has 6 nitrogen and oxygen atoms in total. The Morgan fingerprint density at radius 1 is 1.20 bits per heavy atom. The SMILES string of the molecule is NC(=O)N(c1ncccn1)c1ccccc1/C=C/[C]=O. The maximum Gasteiger partial charge on any atom is 0.326 e. The molecule has 0 bridgehead atoms. The third kappa shape index (κ3) is 2.86. The van der Waals surface area contributed by atoms with E-state index in [0.717, 1.165) is 0 Å². The zero-order valence-corrected chi connectivity index (χ0v) is 10.4. The summed E-state index contributed by atoms with van der Waals surface area (Å²) in [5, 5.41) is 0. The van der Waals surface area contributed by atoms with Crippen LogP contribution in [-0.2, 0) is 4.79 Å². The van der Waals surface area contributed by atoms with Crippen LogP contribution in [0, 0.1) is 0 Å². The Balaban J connectivity index is 2.53. The van der Waals surface area contributed by atoms with E-state index in [2.05, 4.69) is 9.97 Å². The smallest absolute Gasteiger partial charge is 0.326 e. The van der Waals surface area contributed by atoms with Crippen molar-refractivity contribution in [2.75, 3.05) is 4.90 Å². The lowest BCUT2D eigenvalue weighted by molar-refractivity contribution is 0.256. The highest BCUT2D eigenvalue weighted by molar-refractivity contribution is 5.99. The lowest BCUT2D eigenvalue weighted by Crippen LogP contribution is -2.33. The number of nitrogens with two attached hydrogens (primary N) is 1. The molecule has 2 aromatic rings. The van der Waals surface area contributed by atoms with Crippen LogP contribution in [0.15, 0.2) is 48.8 Å². The Labute approximate surface area is 115 Å². The highest BCUT2D eigenvalue weighted by Crippen LogP contribution is 2.26. The molecule has 0 unspecified atom stereocenters. The van der Waals surface area contributed by atoms with Crippen LogP contribution < -0.4 is 10.6 Å². The van der Waals surface area contributed by atoms with Gasteiger partial charge in [-0.3, -0.25) is 4.79 Å². The second kappa shape index (κ2) is 6.24. The van der Waals surface area contributed by atoms with Crippen molar-refractivity contribution in [2.24, 2.45) is 5.73 Å². The molecule has 1 heterocycles. The monoisotopic (exact) mass is 267 g/mol. The van der Waals surface area contributed by atoms with E-state index in [1.165, 1.54) is 29.4 Å². The van der Waals surface area contributed by atoms with Gasteiger partial charge in [0, 0.05) is 12.4 Å². The minimum absolute atomic E-state index is 0.163. The van der Waals surface area contributed by atoms with Gasteiger partial charge in [0.25, 0.3) is 0 Å². The summed E-state index contributed by atoms with van der Waals surface area (Å²) in [6, 6.07) is 7.87. The number of urea groups is 1. The summed E-state index contributed by atoms with van der Waals surface area (Å²) in [6.07, 6.45) is 7.42. The van der Waals surface area contributed by atoms with Gasteiger partial charge in [-0.2, -0.15) is 0 Å². The topological polar surface area (TPSA) is 89.2 Å². The molecule has 0 atom stereocenters. The molecule has 0 aliphatic heterocycles. The molecule has 2 N–H and O–H groups in total. The van der Waals surface area contributed by atoms with Crippen molar-refractivity contribution >= 4 is 30.0 Å². The van der Waals surface area contributed by atoms with Gasteiger partial charge in [-0.1, -0.05) is 18.2 Å². The first kappa shape index (κ1) is 13.4. The normalized spacial score (nSPS) is 10.4. The maximum absolute atomic E-state index is 11.7. The predicted molar refractivity (Wildman–Crippen MR) is 74.9 cm³/mol. The van der Waals surface area contributed by atoms with E-state index in [1.54, 1.807) is 36.6 Å². The van der Waals surface area contributed by atoms with Crippen molar-refractivity contribution < 1.29 is 9.59 Å². The second-order valence-electron chi connectivity index (χ2n) is 3.73. The number of anilines is 2. The van der Waals surface area contributed by atoms with Crippen LogP contribution in [0.25, 0.3) is 6.08 Å². The van der Waals surface area contributed by atoms with Crippen molar-refractivity contribution in [3.05, 3.63) is 54.4 Å². The summed E-state index contributed by atoms with van der Waals surface area (Å²) >= 11 is 0. The first-order chi connectivity index (χ1) is 9.74. The van der Waals surface area contributed by atoms with Crippen LogP contribution in [0.3, 0.4) is 0 Å². The second-order valence-corrected chi connectivity index (χ2v) is 3.73. The Morgan fingerprint density at radius 3 is 2.55 bits per heavy atom. The fourth-order valence-electron chi connectivity index (χ4n) is 1.69. The van der Waals surface area contributed by atoms with Gasteiger partial charge >= 0.3 is 6.03 Å². The summed E-state index contributed by atoms with van der Waals surface area (Å²) in [5.74, 6) is 0.163. The van der Waals surface area contributed by atoms with Crippen LogP contribution >= 0.6 is 0 Å². The Kier molecular flexibility index (Phi) is 4.18. The number of aromatic nitrogens is 2. The number of hydrogen-bond donors (Lipinski definition) is 1. The highest BCUT2D eigenvalue weighted by Gasteiger charge is 2.19. The lowest BCUT2D eigenvalue weighted by Gasteiger charge is -2.20. The van der Waals surface area contributed by atoms with Crippen molar-refractivity contribution in [1.82, 2.24) is 9.97 Å². The standard InChI is InChI=1S/C14H11N4O2/c15-13(20)18(14-16-8-4-9-17-14)12-7-2-1-5-11(12)6-3-10-19/h1-9H,(H2,15,20)/b6-3+. The number of allylic oxidation sites excluding steroid dienone is 1. The Hall–Kier alpha value is -3.02. The van der Waals surface area contributed by atoms with Gasteiger partial charge in [0.15, 0.2) is 0 Å². The van der Waals surface area contributed by atoms with Crippen LogP contribution in [0.2, 0.25) is 0 Å². The van der Waals surface area contributed by atoms with E-state index in [9.17, 15) is 9.59 Å². The summed E-state index contributed by atoms with van der Waals surface area (Å²) in [4.78, 5) is 31.2. The predicted octanol–water partition coefficient (Wildman–Crippen LogP) is 1.82. The number of hydrogen-bond acceptors (Lipinski definition) is 4. The van der Waals surface area contributed by atoms with Gasteiger partial charge in [0.2, 0.25) is 12.2 Å². The van der Waals surface area contributed by atoms with Crippen LogP contribution in [0.1, 0.15) is 5.56 Å². The molecule has 20 heavy (non-hydrogen) atoms. The molecular formula is C14H11N4O2. The maximum atomic E-state index is 11.7. The number of nitrogens with zero attached hydrogens (tertiary/aromatic N) is 3. The fourth-order valence-corrected chi connectivity index (χ4v) is 1.69. The van der Waals surface area contributed by atoms with Crippen molar-refractivity contribution in [3.63, 3.8) is 0 Å². The first-order valence-corrected chi connectivity index (χ1v) is 5.74. The molecule has 0 saturated heterocycles. The zero-order chi connectivity index (χ0) is 14.4. The Morgan fingerprint density at radius 2 is 1.90 bits per heavy atom. The van der Waals surface area contributed by atoms with Crippen molar-refractivity contribution in [1.29, 1.82) is 0 Å². The molecule has 2 rings (SSSR count). The van der Waals surface area contributed by atoms with E-state index in [1.807, 2.05) is 0 Å². The molecule has 1 radical (unpaired) electrons. The quantitative estimate of drug-likeness (QED) is 0.855. The van der Waals surface area contributed by atoms with Gasteiger partial charge in [-0.15, -0.1) is 0 Å². The molecule has 0 spiro atoms. The van der Waals surface area contributed by atoms with Crippen molar-refractivity contribution in [3.8, 4) is 0 Å². The number of benzene rings is 1. The molecule has 99 valence electrons. The van der Waals surface area contributed by atoms with Gasteiger partial charge < -0.3 is 5.73 Å². The molecule has 0 saturated carbocycles. The third-order valence-electron chi connectivity index (χ3n) is 2.48. The van der Waals surface area contributed by atoms with E-state index < -0.39 is 6.03 Å². The molecule has 1 aromatic heterocycles. The molecule has 1 aromatic carbocycles. The average molecular weight is 267 g/mol. The van der Waals surface area contributed by atoms with Crippen LogP contribution in [0.4, 0.5) is 16.4 Å². The first-order valence-electron chi connectivity index (χ1n) is 5.74. The molecule has 2 amide bonds. The van der Waals surface area contributed by atoms with Crippen LogP contribution in [0.5, 0.6) is 0 Å². The number of para-hydroxylation sites is 1. The highest BCUT2D eigenvalue weighted by atomic mass is 16.2. The molecule has 0 aliphatic rings. The molecule has 0 fully saturated rings. The number of carbonyl (C=O) groups is 1. The van der Waals surface area contributed by atoms with Gasteiger partial charge in [0.05, 0.1) is 5.69 Å². The summed E-state index contributed by atoms with van der Waals surface area (Å²) in [7, 11) is 0. The van der Waals surface area contributed by atoms with E-state index in [4.69, 9.17) is 5.73 Å². The average Bonchev–Trinajstić information content (AvgIpc) is 2.47. The van der Waals surface area contributed by atoms with E-state index >= 15 is 0 Å². The van der Waals surface area contributed by atoms with Gasteiger partial charge in [-0.05, 0) is 29.8 Å².